The van der Waals surface area contributed by atoms with Gasteiger partial charge in [-0.1, -0.05) is 12.1 Å². The number of aromatic nitrogens is 3. The predicted molar refractivity (Wildman–Crippen MR) is 106 cm³/mol. The molecule has 4 rings (SSSR count). The Kier molecular flexibility index (Phi) is 5.08. The highest BCUT2D eigenvalue weighted by Crippen LogP contribution is 2.28. The first-order valence-electron chi connectivity index (χ1n) is 8.78. The summed E-state index contributed by atoms with van der Waals surface area (Å²) in [5, 5.41) is 7.59. The lowest BCUT2D eigenvalue weighted by atomic mass is 10.2. The predicted octanol–water partition coefficient (Wildman–Crippen LogP) is 3.41. The number of benzene rings is 2. The van der Waals surface area contributed by atoms with Crippen LogP contribution in [0.5, 0.6) is 5.75 Å². The van der Waals surface area contributed by atoms with Gasteiger partial charge in [0, 0.05) is 12.3 Å². The van der Waals surface area contributed by atoms with Gasteiger partial charge < -0.3 is 4.74 Å². The van der Waals surface area contributed by atoms with Crippen molar-refractivity contribution in [1.29, 1.82) is 0 Å². The van der Waals surface area contributed by atoms with E-state index in [1.165, 1.54) is 42.2 Å². The van der Waals surface area contributed by atoms with E-state index < -0.39 is 21.7 Å². The summed E-state index contributed by atoms with van der Waals surface area (Å²) >= 11 is 0. The molecule has 0 aliphatic rings. The van der Waals surface area contributed by atoms with E-state index in [1.807, 2.05) is 0 Å². The van der Waals surface area contributed by atoms with E-state index in [0.717, 1.165) is 16.4 Å². The fourth-order valence-corrected chi connectivity index (χ4v) is 4.39. The number of nitrogens with zero attached hydrogens (tertiary/aromatic N) is 4. The Balaban J connectivity index is 1.80. The van der Waals surface area contributed by atoms with Gasteiger partial charge in [-0.2, -0.15) is 0 Å². The summed E-state index contributed by atoms with van der Waals surface area (Å²) in [6.07, 6.45) is 2.74. The SMILES string of the molecule is COc1ccc(CN(c2ccc(F)c(F)c2)S(=O)(=O)c2ccc3nncn3c2)cc1. The maximum absolute atomic E-state index is 13.9. The molecule has 0 N–H and O–H groups in total. The topological polar surface area (TPSA) is 76.8 Å². The van der Waals surface area contributed by atoms with Crippen molar-refractivity contribution in [2.75, 3.05) is 11.4 Å². The third-order valence-corrected chi connectivity index (χ3v) is 6.29. The maximum Gasteiger partial charge on any atom is 0.266 e. The molecular weight excluding hydrogens is 414 g/mol. The number of hydrogen-bond acceptors (Lipinski definition) is 5. The molecule has 0 spiro atoms. The summed E-state index contributed by atoms with van der Waals surface area (Å²) < 4.78 is 61.9. The molecule has 0 saturated carbocycles. The molecule has 2 aromatic heterocycles. The minimum absolute atomic E-state index is 0.00595. The molecule has 154 valence electrons. The normalized spacial score (nSPS) is 11.6. The van der Waals surface area contributed by atoms with Crippen molar-refractivity contribution in [1.82, 2.24) is 14.6 Å². The third kappa shape index (κ3) is 3.69. The van der Waals surface area contributed by atoms with Crippen LogP contribution in [0.15, 0.2) is 72.0 Å². The molecule has 0 saturated heterocycles. The van der Waals surface area contributed by atoms with E-state index in [1.54, 1.807) is 24.3 Å². The molecule has 4 aromatic rings. The molecule has 0 atom stereocenters. The Bertz CT molecular complexity index is 1310. The molecule has 0 aliphatic heterocycles. The highest BCUT2D eigenvalue weighted by molar-refractivity contribution is 7.92. The molecule has 2 heterocycles. The summed E-state index contributed by atoms with van der Waals surface area (Å²) in [6.45, 7) is -0.0996. The van der Waals surface area contributed by atoms with Gasteiger partial charge in [0.25, 0.3) is 10.0 Å². The van der Waals surface area contributed by atoms with Crippen LogP contribution in [0.25, 0.3) is 5.65 Å². The highest BCUT2D eigenvalue weighted by Gasteiger charge is 2.27. The minimum Gasteiger partial charge on any atom is -0.497 e. The molecule has 0 amide bonds. The number of hydrogen-bond donors (Lipinski definition) is 0. The number of anilines is 1. The first kappa shape index (κ1) is 19.8. The monoisotopic (exact) mass is 430 g/mol. The lowest BCUT2D eigenvalue weighted by Gasteiger charge is -2.25. The van der Waals surface area contributed by atoms with E-state index in [-0.39, 0.29) is 17.1 Å². The number of ether oxygens (including phenoxy) is 1. The summed E-state index contributed by atoms with van der Waals surface area (Å²) in [6, 6.07) is 12.6. The lowest BCUT2D eigenvalue weighted by Crippen LogP contribution is -2.31. The van der Waals surface area contributed by atoms with Crippen molar-refractivity contribution in [3.05, 3.63) is 84.3 Å². The maximum atomic E-state index is 13.9. The number of sulfonamides is 1. The van der Waals surface area contributed by atoms with Crippen molar-refractivity contribution in [2.45, 2.75) is 11.4 Å². The van der Waals surface area contributed by atoms with Crippen LogP contribution in [0.4, 0.5) is 14.5 Å². The largest absolute Gasteiger partial charge is 0.497 e. The fraction of sp³-hybridized carbons (Fsp3) is 0.100. The summed E-state index contributed by atoms with van der Waals surface area (Å²) in [4.78, 5) is -0.0481. The average Bonchev–Trinajstić information content (AvgIpc) is 3.22. The standard InChI is InChI=1S/C20H16F2N4O3S/c1-29-16-5-2-14(3-6-16)11-26(15-4-8-18(21)19(22)10-15)30(27,28)17-7-9-20-24-23-13-25(20)12-17/h2-10,12-13H,11H2,1H3. The molecule has 0 radical (unpaired) electrons. The minimum atomic E-state index is -4.13. The smallest absolute Gasteiger partial charge is 0.266 e. The van der Waals surface area contributed by atoms with Gasteiger partial charge in [-0.05, 0) is 42.0 Å². The second-order valence-electron chi connectivity index (χ2n) is 6.42. The Hall–Kier alpha value is -3.53. The third-order valence-electron chi connectivity index (χ3n) is 4.53. The average molecular weight is 430 g/mol. The summed E-state index contributed by atoms with van der Waals surface area (Å²) in [5.41, 5.74) is 1.10. The van der Waals surface area contributed by atoms with Crippen LogP contribution in [-0.4, -0.2) is 30.1 Å². The molecule has 0 aliphatic carbocycles. The zero-order chi connectivity index (χ0) is 21.3. The number of pyridine rings is 1. The Labute approximate surface area is 171 Å². The van der Waals surface area contributed by atoms with E-state index in [0.29, 0.717) is 17.0 Å². The van der Waals surface area contributed by atoms with E-state index >= 15 is 0 Å². The molecule has 30 heavy (non-hydrogen) atoms. The van der Waals surface area contributed by atoms with E-state index in [2.05, 4.69) is 10.2 Å². The quantitative estimate of drug-likeness (QED) is 0.469. The van der Waals surface area contributed by atoms with Crippen molar-refractivity contribution >= 4 is 21.4 Å². The second kappa shape index (κ2) is 7.71. The van der Waals surface area contributed by atoms with Gasteiger partial charge in [0.2, 0.25) is 0 Å². The first-order chi connectivity index (χ1) is 14.4. The molecule has 0 unspecified atom stereocenters. The zero-order valence-electron chi connectivity index (χ0n) is 15.7. The van der Waals surface area contributed by atoms with Crippen LogP contribution >= 0.6 is 0 Å². The Morgan fingerprint density at radius 1 is 1.03 bits per heavy atom. The highest BCUT2D eigenvalue weighted by atomic mass is 32.2. The number of rotatable bonds is 6. The van der Waals surface area contributed by atoms with Gasteiger partial charge in [0.05, 0.1) is 19.3 Å². The number of fused-ring (bicyclic) bond motifs is 1. The van der Waals surface area contributed by atoms with Crippen molar-refractivity contribution in [3.8, 4) is 5.75 Å². The zero-order valence-corrected chi connectivity index (χ0v) is 16.6. The van der Waals surface area contributed by atoms with Gasteiger partial charge >= 0.3 is 0 Å². The first-order valence-corrected chi connectivity index (χ1v) is 10.2. The molecule has 0 fully saturated rings. The van der Waals surface area contributed by atoms with Crippen LogP contribution in [-0.2, 0) is 16.6 Å². The Morgan fingerprint density at radius 3 is 2.50 bits per heavy atom. The summed E-state index contributed by atoms with van der Waals surface area (Å²) in [5.74, 6) is -1.60. The Morgan fingerprint density at radius 2 is 1.80 bits per heavy atom. The van der Waals surface area contributed by atoms with Crippen LogP contribution in [0.3, 0.4) is 0 Å². The van der Waals surface area contributed by atoms with Crippen molar-refractivity contribution in [3.63, 3.8) is 0 Å². The molecule has 10 heteroatoms. The number of methoxy groups -OCH3 is 1. The second-order valence-corrected chi connectivity index (χ2v) is 8.28. The fourth-order valence-electron chi connectivity index (χ4n) is 2.94. The van der Waals surface area contributed by atoms with Crippen LogP contribution < -0.4 is 9.04 Å². The van der Waals surface area contributed by atoms with Gasteiger partial charge in [0.1, 0.15) is 17.0 Å². The van der Waals surface area contributed by atoms with Gasteiger partial charge in [-0.3, -0.25) is 8.71 Å². The van der Waals surface area contributed by atoms with E-state index in [9.17, 15) is 17.2 Å². The molecule has 0 bridgehead atoms. The van der Waals surface area contributed by atoms with Crippen LogP contribution in [0.1, 0.15) is 5.56 Å². The van der Waals surface area contributed by atoms with Gasteiger partial charge in [-0.25, -0.2) is 17.2 Å². The molecule has 7 nitrogen and oxygen atoms in total. The molecule has 2 aromatic carbocycles. The summed E-state index contributed by atoms with van der Waals surface area (Å²) in [7, 11) is -2.61. The lowest BCUT2D eigenvalue weighted by molar-refractivity contribution is 0.414. The van der Waals surface area contributed by atoms with Gasteiger partial charge in [-0.15, -0.1) is 10.2 Å². The van der Waals surface area contributed by atoms with Crippen LogP contribution in [0.2, 0.25) is 0 Å². The van der Waals surface area contributed by atoms with E-state index in [4.69, 9.17) is 4.74 Å². The van der Waals surface area contributed by atoms with Crippen molar-refractivity contribution in [2.24, 2.45) is 0 Å². The molecular formula is C20H16F2N4O3S. The number of halogens is 2. The van der Waals surface area contributed by atoms with Crippen LogP contribution in [0, 0.1) is 11.6 Å². The van der Waals surface area contributed by atoms with Crippen molar-refractivity contribution < 1.29 is 21.9 Å². The van der Waals surface area contributed by atoms with Gasteiger partial charge in [0.15, 0.2) is 17.3 Å².